The first-order valence-corrected chi connectivity index (χ1v) is 7.62. The van der Waals surface area contributed by atoms with Crippen LogP contribution < -0.4 is 24.8 Å². The van der Waals surface area contributed by atoms with Gasteiger partial charge in [-0.05, 0) is 13.3 Å². The van der Waals surface area contributed by atoms with Crippen molar-refractivity contribution in [2.75, 3.05) is 41.0 Å². The lowest BCUT2D eigenvalue weighted by Crippen LogP contribution is -2.37. The molecule has 0 radical (unpaired) electrons. The maximum Gasteiger partial charge on any atom is 0.191 e. The van der Waals surface area contributed by atoms with E-state index in [-0.39, 0.29) is 0 Å². The molecule has 0 amide bonds. The number of rotatable bonds is 9. The average molecular weight is 321 g/mol. The molecule has 0 aliphatic rings. The van der Waals surface area contributed by atoms with Gasteiger partial charge in [0.05, 0.1) is 21.3 Å². The summed E-state index contributed by atoms with van der Waals surface area (Å²) < 4.78 is 16.2. The third kappa shape index (κ3) is 5.73. The van der Waals surface area contributed by atoms with Gasteiger partial charge in [-0.1, -0.05) is 6.08 Å². The van der Waals surface area contributed by atoms with Crippen LogP contribution in [0.2, 0.25) is 0 Å². The van der Waals surface area contributed by atoms with Gasteiger partial charge in [0.25, 0.3) is 0 Å². The van der Waals surface area contributed by atoms with E-state index in [1.54, 1.807) is 27.4 Å². The van der Waals surface area contributed by atoms with Crippen molar-refractivity contribution >= 4 is 5.96 Å². The number of ether oxygens (including phenoxy) is 3. The van der Waals surface area contributed by atoms with Gasteiger partial charge in [0.1, 0.15) is 17.2 Å². The van der Waals surface area contributed by atoms with Crippen LogP contribution in [0.3, 0.4) is 0 Å². The molecule has 0 atom stereocenters. The summed E-state index contributed by atoms with van der Waals surface area (Å²) in [5, 5.41) is 6.36. The van der Waals surface area contributed by atoms with Gasteiger partial charge in [-0.15, -0.1) is 6.58 Å². The minimum absolute atomic E-state index is 0.603. The van der Waals surface area contributed by atoms with Crippen molar-refractivity contribution in [3.63, 3.8) is 0 Å². The highest BCUT2D eigenvalue weighted by atomic mass is 16.5. The highest BCUT2D eigenvalue weighted by Crippen LogP contribution is 2.34. The quantitative estimate of drug-likeness (QED) is 0.414. The van der Waals surface area contributed by atoms with Gasteiger partial charge in [-0.3, -0.25) is 4.99 Å². The molecule has 0 fully saturated rings. The molecule has 0 heterocycles. The van der Waals surface area contributed by atoms with Crippen LogP contribution in [0.15, 0.2) is 29.8 Å². The number of hydrogen-bond donors (Lipinski definition) is 2. The lowest BCUT2D eigenvalue weighted by atomic mass is 10.1. The molecule has 0 unspecified atom stereocenters. The lowest BCUT2D eigenvalue weighted by molar-refractivity contribution is 0.369. The number of guanidine groups is 1. The third-order valence-corrected chi connectivity index (χ3v) is 3.21. The fourth-order valence-electron chi connectivity index (χ4n) is 2.11. The Bertz CT molecular complexity index is 505. The van der Waals surface area contributed by atoms with E-state index in [9.17, 15) is 0 Å². The van der Waals surface area contributed by atoms with Crippen LogP contribution in [0, 0.1) is 0 Å². The third-order valence-electron chi connectivity index (χ3n) is 3.21. The Balaban J connectivity index is 2.88. The van der Waals surface area contributed by atoms with Gasteiger partial charge in [0.2, 0.25) is 0 Å². The number of hydrogen-bond acceptors (Lipinski definition) is 4. The van der Waals surface area contributed by atoms with E-state index in [1.165, 1.54) is 0 Å². The summed E-state index contributed by atoms with van der Waals surface area (Å²) in [6.45, 7) is 7.79. The summed E-state index contributed by atoms with van der Waals surface area (Å²) in [5.41, 5.74) is 0.971. The minimum atomic E-state index is 0.603. The van der Waals surface area contributed by atoms with E-state index in [0.29, 0.717) is 25.3 Å². The first-order valence-electron chi connectivity index (χ1n) is 7.62. The molecule has 0 saturated carbocycles. The van der Waals surface area contributed by atoms with E-state index >= 15 is 0 Å². The summed E-state index contributed by atoms with van der Waals surface area (Å²) in [6, 6.07) is 3.70. The van der Waals surface area contributed by atoms with Gasteiger partial charge < -0.3 is 24.8 Å². The van der Waals surface area contributed by atoms with E-state index in [0.717, 1.165) is 29.6 Å². The zero-order valence-corrected chi connectivity index (χ0v) is 14.4. The van der Waals surface area contributed by atoms with Crippen LogP contribution in [-0.4, -0.2) is 46.9 Å². The number of aliphatic imine (C=N–C) groups is 1. The van der Waals surface area contributed by atoms with E-state index in [2.05, 4.69) is 22.2 Å². The fraction of sp³-hybridized carbons (Fsp3) is 0.471. The van der Waals surface area contributed by atoms with Crippen molar-refractivity contribution in [2.24, 2.45) is 4.99 Å². The van der Waals surface area contributed by atoms with Crippen molar-refractivity contribution in [1.82, 2.24) is 10.6 Å². The molecule has 0 spiro atoms. The number of benzene rings is 1. The van der Waals surface area contributed by atoms with Crippen molar-refractivity contribution in [3.05, 3.63) is 30.4 Å². The Labute approximate surface area is 138 Å². The molecule has 0 bridgehead atoms. The second-order valence-electron chi connectivity index (χ2n) is 4.69. The van der Waals surface area contributed by atoms with Crippen LogP contribution >= 0.6 is 0 Å². The smallest absolute Gasteiger partial charge is 0.191 e. The zero-order chi connectivity index (χ0) is 17.1. The van der Waals surface area contributed by atoms with E-state index in [1.807, 2.05) is 19.1 Å². The predicted octanol–water partition coefficient (Wildman–Crippen LogP) is 2.00. The highest BCUT2D eigenvalue weighted by molar-refractivity contribution is 5.79. The first-order chi connectivity index (χ1) is 11.2. The van der Waals surface area contributed by atoms with Crippen molar-refractivity contribution in [2.45, 2.75) is 13.3 Å². The van der Waals surface area contributed by atoms with Gasteiger partial charge >= 0.3 is 0 Å². The second kappa shape index (κ2) is 10.4. The summed E-state index contributed by atoms with van der Waals surface area (Å²) in [5.74, 6) is 2.94. The van der Waals surface area contributed by atoms with Crippen LogP contribution in [-0.2, 0) is 6.42 Å². The molecule has 0 aliphatic heterocycles. The molecule has 128 valence electrons. The molecule has 23 heavy (non-hydrogen) atoms. The molecule has 0 aromatic heterocycles. The summed E-state index contributed by atoms with van der Waals surface area (Å²) in [6.07, 6.45) is 2.49. The molecule has 6 heteroatoms. The number of nitrogens with one attached hydrogen (secondary N) is 2. The summed E-state index contributed by atoms with van der Waals surface area (Å²) in [4.78, 5) is 4.54. The topological polar surface area (TPSA) is 64.1 Å². The molecule has 2 N–H and O–H groups in total. The Morgan fingerprint density at radius 1 is 1.13 bits per heavy atom. The SMILES string of the molecule is C=CCNC(=NCCc1c(OC)cc(OC)cc1OC)NCC. The monoisotopic (exact) mass is 321 g/mol. The summed E-state index contributed by atoms with van der Waals surface area (Å²) in [7, 11) is 4.89. The maximum absolute atomic E-state index is 5.45. The highest BCUT2D eigenvalue weighted by Gasteiger charge is 2.12. The Kier molecular flexibility index (Phi) is 8.42. The number of nitrogens with zero attached hydrogens (tertiary/aromatic N) is 1. The first kappa shape index (κ1) is 18.7. The van der Waals surface area contributed by atoms with Crippen LogP contribution in [0.5, 0.6) is 17.2 Å². The fourth-order valence-corrected chi connectivity index (χ4v) is 2.11. The van der Waals surface area contributed by atoms with Crippen molar-refractivity contribution in [3.8, 4) is 17.2 Å². The predicted molar refractivity (Wildman–Crippen MR) is 94.0 cm³/mol. The van der Waals surface area contributed by atoms with E-state index in [4.69, 9.17) is 14.2 Å². The van der Waals surface area contributed by atoms with Crippen molar-refractivity contribution in [1.29, 1.82) is 0 Å². The zero-order valence-electron chi connectivity index (χ0n) is 14.4. The minimum Gasteiger partial charge on any atom is -0.496 e. The normalized spacial score (nSPS) is 10.9. The molecule has 6 nitrogen and oxygen atoms in total. The molecular formula is C17H27N3O3. The standard InChI is InChI=1S/C17H27N3O3/c1-6-9-19-17(18-7-2)20-10-8-14-15(22-4)11-13(21-3)12-16(14)23-5/h6,11-12H,1,7-10H2,2-5H3,(H2,18,19,20). The van der Waals surface area contributed by atoms with Gasteiger partial charge in [-0.2, -0.15) is 0 Å². The maximum atomic E-state index is 5.45. The van der Waals surface area contributed by atoms with Gasteiger partial charge in [0, 0.05) is 37.3 Å². The van der Waals surface area contributed by atoms with Crippen molar-refractivity contribution < 1.29 is 14.2 Å². The molecule has 1 rings (SSSR count). The largest absolute Gasteiger partial charge is 0.496 e. The molecule has 0 saturated heterocycles. The van der Waals surface area contributed by atoms with E-state index < -0.39 is 0 Å². The van der Waals surface area contributed by atoms with Gasteiger partial charge in [0.15, 0.2) is 5.96 Å². The Morgan fingerprint density at radius 3 is 2.26 bits per heavy atom. The van der Waals surface area contributed by atoms with Gasteiger partial charge in [-0.25, -0.2) is 0 Å². The second-order valence-corrected chi connectivity index (χ2v) is 4.69. The Morgan fingerprint density at radius 2 is 1.78 bits per heavy atom. The lowest BCUT2D eigenvalue weighted by Gasteiger charge is -2.15. The van der Waals surface area contributed by atoms with Crippen LogP contribution in [0.4, 0.5) is 0 Å². The molecule has 0 aliphatic carbocycles. The Hall–Kier alpha value is -2.37. The summed E-state index contributed by atoms with van der Waals surface area (Å²) >= 11 is 0. The molecular weight excluding hydrogens is 294 g/mol. The molecule has 1 aromatic rings. The average Bonchev–Trinajstić information content (AvgIpc) is 2.59. The van der Waals surface area contributed by atoms with Crippen LogP contribution in [0.25, 0.3) is 0 Å². The number of methoxy groups -OCH3 is 3. The van der Waals surface area contributed by atoms with Crippen LogP contribution in [0.1, 0.15) is 12.5 Å². The molecule has 1 aromatic carbocycles.